The van der Waals surface area contributed by atoms with Gasteiger partial charge in [-0.25, -0.2) is 14.8 Å². The van der Waals surface area contributed by atoms with E-state index in [-0.39, 0.29) is 17.1 Å². The maximum Gasteiger partial charge on any atom is 0.345 e. The summed E-state index contributed by atoms with van der Waals surface area (Å²) in [5.41, 5.74) is -0.00362. The van der Waals surface area contributed by atoms with Gasteiger partial charge in [-0.2, -0.15) is 0 Å². The van der Waals surface area contributed by atoms with Crippen molar-refractivity contribution in [1.82, 2.24) is 9.97 Å². The Morgan fingerprint density at radius 1 is 1.55 bits per heavy atom. The Morgan fingerprint density at radius 2 is 2.32 bits per heavy atom. The first-order valence-electron chi connectivity index (χ1n) is 6.39. The van der Waals surface area contributed by atoms with E-state index < -0.39 is 10.9 Å². The molecular weight excluding hydrogens is 308 g/mol. The van der Waals surface area contributed by atoms with Gasteiger partial charge in [-0.3, -0.25) is 10.1 Å². The summed E-state index contributed by atoms with van der Waals surface area (Å²) in [6.45, 7) is 2.08. The summed E-state index contributed by atoms with van der Waals surface area (Å²) in [6, 6.07) is 1.34. The maximum atomic E-state index is 11.7. The largest absolute Gasteiger partial charge is 0.465 e. The van der Waals surface area contributed by atoms with Crippen molar-refractivity contribution < 1.29 is 14.5 Å². The van der Waals surface area contributed by atoms with Gasteiger partial charge in [-0.05, 0) is 13.0 Å². The Labute approximate surface area is 130 Å². The molecular formula is C13H14N4O4S. The van der Waals surface area contributed by atoms with Crippen LogP contribution >= 0.6 is 11.3 Å². The fourth-order valence-electron chi connectivity index (χ4n) is 1.90. The maximum absolute atomic E-state index is 11.7. The molecule has 0 radical (unpaired) electrons. The molecule has 2 aromatic heterocycles. The van der Waals surface area contributed by atoms with Gasteiger partial charge in [-0.1, -0.05) is 0 Å². The first kappa shape index (κ1) is 15.8. The summed E-state index contributed by atoms with van der Waals surface area (Å²) in [5.74, 6) is -0.706. The van der Waals surface area contributed by atoms with Crippen LogP contribution in [0, 0.1) is 17.0 Å². The summed E-state index contributed by atoms with van der Waals surface area (Å²) in [6.07, 6.45) is 2.31. The normalized spacial score (nSPS) is 10.3. The highest BCUT2D eigenvalue weighted by atomic mass is 32.1. The van der Waals surface area contributed by atoms with Gasteiger partial charge < -0.3 is 10.1 Å². The van der Waals surface area contributed by atoms with Gasteiger partial charge >= 0.3 is 11.7 Å². The average molecular weight is 322 g/mol. The molecule has 2 aromatic rings. The van der Waals surface area contributed by atoms with Gasteiger partial charge in [0, 0.05) is 30.2 Å². The lowest BCUT2D eigenvalue weighted by Gasteiger charge is -2.09. The van der Waals surface area contributed by atoms with Crippen molar-refractivity contribution in [2.75, 3.05) is 19.0 Å². The average Bonchev–Trinajstić information content (AvgIpc) is 2.98. The zero-order valence-corrected chi connectivity index (χ0v) is 12.8. The third kappa shape index (κ3) is 3.55. The quantitative estimate of drug-likeness (QED) is 0.493. The van der Waals surface area contributed by atoms with Crippen molar-refractivity contribution in [2.24, 2.45) is 0 Å². The van der Waals surface area contributed by atoms with Gasteiger partial charge in [-0.15, -0.1) is 11.3 Å². The van der Waals surface area contributed by atoms with Crippen LogP contribution in [0.5, 0.6) is 0 Å². The predicted molar refractivity (Wildman–Crippen MR) is 81.3 cm³/mol. The number of nitro groups is 1. The lowest BCUT2D eigenvalue weighted by atomic mass is 10.2. The lowest BCUT2D eigenvalue weighted by molar-refractivity contribution is -0.384. The van der Waals surface area contributed by atoms with Crippen molar-refractivity contribution in [3.8, 4) is 0 Å². The predicted octanol–water partition coefficient (Wildman–Crippen LogP) is 2.20. The van der Waals surface area contributed by atoms with Crippen molar-refractivity contribution in [3.63, 3.8) is 0 Å². The number of ether oxygens (including phenoxy) is 1. The SMILES string of the molecule is COC(=O)c1cc(C)nc(NCCc2nccs2)c1[N+](=O)[O-]. The number of hydrogen-bond donors (Lipinski definition) is 1. The minimum absolute atomic E-state index is 0.0574. The Kier molecular flexibility index (Phi) is 4.99. The van der Waals surface area contributed by atoms with E-state index in [9.17, 15) is 14.9 Å². The molecule has 2 rings (SSSR count). The molecule has 0 aliphatic heterocycles. The smallest absolute Gasteiger partial charge is 0.345 e. The van der Waals surface area contributed by atoms with E-state index in [1.54, 1.807) is 13.1 Å². The van der Waals surface area contributed by atoms with E-state index in [1.165, 1.54) is 24.5 Å². The number of rotatable bonds is 6. The number of thiazole rings is 1. The molecule has 0 atom stereocenters. The zero-order valence-electron chi connectivity index (χ0n) is 12.0. The van der Waals surface area contributed by atoms with E-state index in [0.29, 0.717) is 18.7 Å². The molecule has 22 heavy (non-hydrogen) atoms. The second-order valence-electron chi connectivity index (χ2n) is 4.36. The molecule has 116 valence electrons. The summed E-state index contributed by atoms with van der Waals surface area (Å²) in [4.78, 5) is 30.6. The number of carbonyl (C=O) groups excluding carboxylic acids is 1. The van der Waals surface area contributed by atoms with Crippen LogP contribution in [0.4, 0.5) is 11.5 Å². The Bertz CT molecular complexity index is 688. The number of nitrogens with zero attached hydrogens (tertiary/aromatic N) is 3. The Morgan fingerprint density at radius 3 is 2.91 bits per heavy atom. The highest BCUT2D eigenvalue weighted by Gasteiger charge is 2.27. The third-order valence-electron chi connectivity index (χ3n) is 2.82. The Hall–Kier alpha value is -2.55. The van der Waals surface area contributed by atoms with E-state index in [4.69, 9.17) is 0 Å². The number of methoxy groups -OCH3 is 1. The second kappa shape index (κ2) is 6.94. The molecule has 0 unspecified atom stereocenters. The number of carbonyl (C=O) groups is 1. The highest BCUT2D eigenvalue weighted by Crippen LogP contribution is 2.28. The molecule has 0 spiro atoms. The van der Waals surface area contributed by atoms with Gasteiger partial charge in [0.15, 0.2) is 0 Å². The number of hydrogen-bond acceptors (Lipinski definition) is 8. The van der Waals surface area contributed by atoms with Crippen LogP contribution in [-0.4, -0.2) is 34.5 Å². The molecule has 2 heterocycles. The first-order valence-corrected chi connectivity index (χ1v) is 7.27. The summed E-state index contributed by atoms with van der Waals surface area (Å²) < 4.78 is 4.59. The monoisotopic (exact) mass is 322 g/mol. The van der Waals surface area contributed by atoms with E-state index in [2.05, 4.69) is 20.0 Å². The molecule has 1 N–H and O–H groups in total. The van der Waals surface area contributed by atoms with Crippen LogP contribution in [0.3, 0.4) is 0 Å². The van der Waals surface area contributed by atoms with E-state index in [0.717, 1.165) is 5.01 Å². The fourth-order valence-corrected chi connectivity index (χ4v) is 2.52. The molecule has 9 heteroatoms. The number of pyridine rings is 1. The lowest BCUT2D eigenvalue weighted by Crippen LogP contribution is -2.13. The first-order chi connectivity index (χ1) is 10.5. The molecule has 0 aliphatic rings. The minimum Gasteiger partial charge on any atom is -0.465 e. The minimum atomic E-state index is -0.764. The summed E-state index contributed by atoms with van der Waals surface area (Å²) in [7, 11) is 1.18. The highest BCUT2D eigenvalue weighted by molar-refractivity contribution is 7.09. The van der Waals surface area contributed by atoms with Crippen molar-refractivity contribution in [3.05, 3.63) is 44.0 Å². The fraction of sp³-hybridized carbons (Fsp3) is 0.308. The number of aryl methyl sites for hydroxylation is 1. The van der Waals surface area contributed by atoms with Gasteiger partial charge in [0.2, 0.25) is 5.82 Å². The van der Waals surface area contributed by atoms with Crippen molar-refractivity contribution >= 4 is 28.8 Å². The number of esters is 1. The molecule has 8 nitrogen and oxygen atoms in total. The van der Waals surface area contributed by atoms with Gasteiger partial charge in [0.1, 0.15) is 5.56 Å². The van der Waals surface area contributed by atoms with E-state index >= 15 is 0 Å². The number of aromatic nitrogens is 2. The standard InChI is InChI=1S/C13H14N4O4S/c1-8-7-9(13(18)21-2)11(17(19)20)12(16-8)15-4-3-10-14-5-6-22-10/h5-7H,3-4H2,1-2H3,(H,15,16). The number of anilines is 1. The third-order valence-corrected chi connectivity index (χ3v) is 3.66. The van der Waals surface area contributed by atoms with Crippen LogP contribution in [0.25, 0.3) is 0 Å². The zero-order chi connectivity index (χ0) is 16.1. The van der Waals surface area contributed by atoms with Crippen LogP contribution < -0.4 is 5.32 Å². The second-order valence-corrected chi connectivity index (χ2v) is 5.34. The number of nitrogens with one attached hydrogen (secondary N) is 1. The topological polar surface area (TPSA) is 107 Å². The van der Waals surface area contributed by atoms with E-state index in [1.807, 2.05) is 5.38 Å². The summed E-state index contributed by atoms with van der Waals surface area (Å²) >= 11 is 1.50. The molecule has 0 saturated carbocycles. The van der Waals surface area contributed by atoms with Crippen molar-refractivity contribution in [1.29, 1.82) is 0 Å². The molecule has 0 saturated heterocycles. The molecule has 0 amide bonds. The van der Waals surface area contributed by atoms with Crippen LogP contribution in [0.2, 0.25) is 0 Å². The molecule has 0 aliphatic carbocycles. The molecule has 0 aromatic carbocycles. The van der Waals surface area contributed by atoms with Crippen LogP contribution in [-0.2, 0) is 11.2 Å². The summed E-state index contributed by atoms with van der Waals surface area (Å²) in [5, 5.41) is 16.9. The Balaban J connectivity index is 2.26. The van der Waals surface area contributed by atoms with Crippen molar-refractivity contribution in [2.45, 2.75) is 13.3 Å². The van der Waals surface area contributed by atoms with Crippen LogP contribution in [0.1, 0.15) is 21.1 Å². The molecule has 0 fully saturated rings. The van der Waals surface area contributed by atoms with Crippen LogP contribution in [0.15, 0.2) is 17.6 Å². The molecule has 0 bridgehead atoms. The van der Waals surface area contributed by atoms with Gasteiger partial charge in [0.05, 0.1) is 17.0 Å². The van der Waals surface area contributed by atoms with Gasteiger partial charge in [0.25, 0.3) is 0 Å².